The molecule has 0 amide bonds. The lowest BCUT2D eigenvalue weighted by Gasteiger charge is -2.12. The van der Waals surface area contributed by atoms with Gasteiger partial charge in [0.05, 0.1) is 7.05 Å². The van der Waals surface area contributed by atoms with Crippen molar-refractivity contribution < 1.29 is 8.98 Å². The average Bonchev–Trinajstić information content (AvgIpc) is 3.27. The third-order valence-electron chi connectivity index (χ3n) is 5.90. The molecule has 0 bridgehead atoms. The molecule has 4 nitrogen and oxygen atoms in total. The molecule has 0 radical (unpaired) electrons. The van der Waals surface area contributed by atoms with E-state index in [1.54, 1.807) is 0 Å². The maximum absolute atomic E-state index is 6.35. The molecule has 5 rings (SSSR count). The molecule has 2 aromatic carbocycles. The summed E-state index contributed by atoms with van der Waals surface area (Å²) in [5, 5.41) is 2.16. The van der Waals surface area contributed by atoms with E-state index in [0.29, 0.717) is 11.6 Å². The van der Waals surface area contributed by atoms with Gasteiger partial charge in [-0.3, -0.25) is 0 Å². The Hall–Kier alpha value is -3.40. The van der Waals surface area contributed by atoms with Gasteiger partial charge in [0.25, 0.3) is 5.82 Å². The summed E-state index contributed by atoms with van der Waals surface area (Å²) >= 11 is 0. The largest absolute Gasteiger partial charge is 0.437 e. The SMILES string of the molecule is Cc1ccc2c(n1)oc1c(-c3n(-c4ccccc4C(C)C)cc[n+]3C)c(C)ccc12. The highest BCUT2D eigenvalue weighted by Crippen LogP contribution is 2.37. The Kier molecular flexibility index (Phi) is 4.24. The summed E-state index contributed by atoms with van der Waals surface area (Å²) in [6, 6.07) is 17.1. The van der Waals surface area contributed by atoms with Crippen LogP contribution in [0.25, 0.3) is 39.1 Å². The zero-order valence-corrected chi connectivity index (χ0v) is 18.1. The molecule has 5 aromatic rings. The number of imidazole rings is 1. The van der Waals surface area contributed by atoms with Gasteiger partial charge in [-0.2, -0.15) is 4.57 Å². The van der Waals surface area contributed by atoms with E-state index >= 15 is 0 Å². The summed E-state index contributed by atoms with van der Waals surface area (Å²) in [6.07, 6.45) is 4.25. The van der Waals surface area contributed by atoms with Crippen molar-refractivity contribution in [3.63, 3.8) is 0 Å². The molecule has 0 spiro atoms. The number of fused-ring (bicyclic) bond motifs is 3. The van der Waals surface area contributed by atoms with Crippen LogP contribution in [0.4, 0.5) is 0 Å². The van der Waals surface area contributed by atoms with E-state index in [1.165, 1.54) is 16.8 Å². The molecule has 0 aliphatic heterocycles. The first-order valence-electron chi connectivity index (χ1n) is 10.4. The minimum Gasteiger partial charge on any atom is -0.437 e. The number of aromatic nitrogens is 3. The van der Waals surface area contributed by atoms with Gasteiger partial charge >= 0.3 is 0 Å². The molecule has 0 aliphatic rings. The number of para-hydroxylation sites is 1. The number of nitrogens with zero attached hydrogens (tertiary/aromatic N) is 3. The second-order valence-corrected chi connectivity index (χ2v) is 8.36. The summed E-state index contributed by atoms with van der Waals surface area (Å²) in [5.74, 6) is 1.53. The Morgan fingerprint density at radius 2 is 1.73 bits per heavy atom. The predicted molar refractivity (Wildman–Crippen MR) is 121 cm³/mol. The summed E-state index contributed by atoms with van der Waals surface area (Å²) in [5.41, 5.74) is 7.34. The van der Waals surface area contributed by atoms with E-state index in [-0.39, 0.29) is 0 Å². The molecule has 0 unspecified atom stereocenters. The van der Waals surface area contributed by atoms with Crippen LogP contribution >= 0.6 is 0 Å². The maximum Gasteiger partial charge on any atom is 0.297 e. The summed E-state index contributed by atoms with van der Waals surface area (Å²) in [7, 11) is 2.09. The van der Waals surface area contributed by atoms with E-state index in [2.05, 4.69) is 96.8 Å². The first-order chi connectivity index (χ1) is 14.5. The zero-order chi connectivity index (χ0) is 21.0. The average molecular weight is 397 g/mol. The Labute approximate surface area is 176 Å². The van der Waals surface area contributed by atoms with Crippen LogP contribution in [-0.4, -0.2) is 9.55 Å². The summed E-state index contributed by atoms with van der Waals surface area (Å²) < 4.78 is 10.8. The second kappa shape index (κ2) is 6.84. The molecule has 30 heavy (non-hydrogen) atoms. The van der Waals surface area contributed by atoms with Crippen molar-refractivity contribution in [3.8, 4) is 17.1 Å². The highest BCUT2D eigenvalue weighted by molar-refractivity contribution is 6.08. The van der Waals surface area contributed by atoms with Crippen molar-refractivity contribution >= 4 is 22.1 Å². The number of hydrogen-bond acceptors (Lipinski definition) is 2. The van der Waals surface area contributed by atoms with Crippen LogP contribution in [0.15, 0.2) is 65.3 Å². The fourth-order valence-electron chi connectivity index (χ4n) is 4.35. The minimum absolute atomic E-state index is 0.428. The van der Waals surface area contributed by atoms with Crippen molar-refractivity contribution in [1.29, 1.82) is 0 Å². The van der Waals surface area contributed by atoms with Crippen LogP contribution in [-0.2, 0) is 7.05 Å². The van der Waals surface area contributed by atoms with Crippen LogP contribution < -0.4 is 4.57 Å². The first kappa shape index (κ1) is 18.6. The van der Waals surface area contributed by atoms with E-state index in [4.69, 9.17) is 4.42 Å². The molecular formula is C26H26N3O+. The van der Waals surface area contributed by atoms with Gasteiger partial charge in [-0.25, -0.2) is 9.55 Å². The third-order valence-corrected chi connectivity index (χ3v) is 5.90. The number of rotatable bonds is 3. The van der Waals surface area contributed by atoms with E-state index in [0.717, 1.165) is 33.4 Å². The van der Waals surface area contributed by atoms with Crippen molar-refractivity contribution in [2.24, 2.45) is 7.05 Å². The third kappa shape index (κ3) is 2.75. The topological polar surface area (TPSA) is 34.8 Å². The van der Waals surface area contributed by atoms with Crippen molar-refractivity contribution in [1.82, 2.24) is 9.55 Å². The standard InChI is InChI=1S/C26H26N3O/c1-16(2)19-8-6-7-9-22(19)29-15-14-28(5)26(29)23-17(3)10-12-20-21-13-11-18(4)27-25(21)30-24(20)23/h6-16H,1-5H3/q+1. The van der Waals surface area contributed by atoms with Crippen molar-refractivity contribution in [3.05, 3.63) is 77.7 Å². The Morgan fingerprint density at radius 1 is 0.967 bits per heavy atom. The van der Waals surface area contributed by atoms with Crippen LogP contribution in [0.5, 0.6) is 0 Å². The van der Waals surface area contributed by atoms with Crippen LogP contribution in [0, 0.1) is 13.8 Å². The number of furan rings is 1. The molecular weight excluding hydrogens is 370 g/mol. The van der Waals surface area contributed by atoms with Gasteiger partial charge in [0, 0.05) is 22.0 Å². The van der Waals surface area contributed by atoms with Gasteiger partial charge < -0.3 is 4.42 Å². The van der Waals surface area contributed by atoms with Crippen LogP contribution in [0.2, 0.25) is 0 Å². The number of benzene rings is 2. The number of hydrogen-bond donors (Lipinski definition) is 0. The zero-order valence-electron chi connectivity index (χ0n) is 18.1. The summed E-state index contributed by atoms with van der Waals surface area (Å²) in [4.78, 5) is 4.63. The van der Waals surface area contributed by atoms with Gasteiger partial charge in [0.15, 0.2) is 5.58 Å². The molecule has 3 aromatic heterocycles. The van der Waals surface area contributed by atoms with E-state index < -0.39 is 0 Å². The minimum atomic E-state index is 0.428. The lowest BCUT2D eigenvalue weighted by atomic mass is 10.00. The molecule has 0 fully saturated rings. The highest BCUT2D eigenvalue weighted by Gasteiger charge is 2.27. The Morgan fingerprint density at radius 3 is 2.53 bits per heavy atom. The molecule has 0 saturated carbocycles. The van der Waals surface area contributed by atoms with Crippen molar-refractivity contribution in [2.75, 3.05) is 0 Å². The first-order valence-corrected chi connectivity index (χ1v) is 10.4. The predicted octanol–water partition coefficient (Wildman–Crippen LogP) is 6.00. The van der Waals surface area contributed by atoms with E-state index in [1.807, 2.05) is 13.0 Å². The normalized spacial score (nSPS) is 11.8. The van der Waals surface area contributed by atoms with Crippen molar-refractivity contribution in [2.45, 2.75) is 33.6 Å². The fraction of sp³-hybridized carbons (Fsp3) is 0.231. The molecule has 4 heteroatoms. The molecule has 0 N–H and O–H groups in total. The lowest BCUT2D eigenvalue weighted by Crippen LogP contribution is -2.29. The van der Waals surface area contributed by atoms with Gasteiger partial charge in [-0.05, 0) is 43.5 Å². The van der Waals surface area contributed by atoms with Gasteiger partial charge in [-0.1, -0.05) is 44.2 Å². The summed E-state index contributed by atoms with van der Waals surface area (Å²) in [6.45, 7) is 8.61. The number of aryl methyl sites for hydroxylation is 3. The molecule has 3 heterocycles. The van der Waals surface area contributed by atoms with E-state index in [9.17, 15) is 0 Å². The lowest BCUT2D eigenvalue weighted by molar-refractivity contribution is -0.659. The maximum atomic E-state index is 6.35. The smallest absolute Gasteiger partial charge is 0.297 e. The number of pyridine rings is 1. The fourth-order valence-corrected chi connectivity index (χ4v) is 4.35. The second-order valence-electron chi connectivity index (χ2n) is 8.36. The molecule has 0 saturated heterocycles. The van der Waals surface area contributed by atoms with Gasteiger partial charge in [-0.15, -0.1) is 0 Å². The monoisotopic (exact) mass is 396 g/mol. The van der Waals surface area contributed by atoms with Gasteiger partial charge in [0.2, 0.25) is 5.71 Å². The van der Waals surface area contributed by atoms with Crippen LogP contribution in [0.1, 0.15) is 36.6 Å². The van der Waals surface area contributed by atoms with Gasteiger partial charge in [0.1, 0.15) is 23.6 Å². The molecule has 0 aliphatic carbocycles. The Bertz CT molecular complexity index is 1410. The molecule has 0 atom stereocenters. The highest BCUT2D eigenvalue weighted by atomic mass is 16.3. The molecule has 150 valence electrons. The van der Waals surface area contributed by atoms with Crippen LogP contribution in [0.3, 0.4) is 0 Å². The Balaban J connectivity index is 1.86. The quantitative estimate of drug-likeness (QED) is 0.350.